The second kappa shape index (κ2) is 12.6. The first-order chi connectivity index (χ1) is 6.95. The van der Waals surface area contributed by atoms with Crippen molar-refractivity contribution in [1.29, 1.82) is 0 Å². The first-order valence-electron chi connectivity index (χ1n) is 5.51. The van der Waals surface area contributed by atoms with Crippen molar-refractivity contribution < 1.29 is 14.9 Å². The van der Waals surface area contributed by atoms with Gasteiger partial charge in [-0.3, -0.25) is 10.1 Å². The standard InChI is InChI=1S/C5H9NO.C4H10O2.C2H6.CH4/c7-5-1-3-6-4-2-5;1-4(2,3)6-5;1-2;/h6H,1-4H2;5H,1-3H3;1-2H3;1H4. The van der Waals surface area contributed by atoms with E-state index in [-0.39, 0.29) is 7.43 Å². The quantitative estimate of drug-likeness (QED) is 0.500. The molecule has 0 atom stereocenters. The number of carbonyl (C=O) groups excluding carboxylic acids is 1. The summed E-state index contributed by atoms with van der Waals surface area (Å²) in [6, 6.07) is 0. The summed E-state index contributed by atoms with van der Waals surface area (Å²) >= 11 is 0. The monoisotopic (exact) mass is 235 g/mol. The third-order valence-corrected chi connectivity index (χ3v) is 1.44. The van der Waals surface area contributed by atoms with Gasteiger partial charge in [-0.25, -0.2) is 4.89 Å². The van der Waals surface area contributed by atoms with Crippen LogP contribution < -0.4 is 5.32 Å². The van der Waals surface area contributed by atoms with Crippen LogP contribution in [0.5, 0.6) is 0 Å². The largest absolute Gasteiger partial charge is 0.316 e. The van der Waals surface area contributed by atoms with Crippen molar-refractivity contribution in [3.63, 3.8) is 0 Å². The van der Waals surface area contributed by atoms with Gasteiger partial charge in [-0.1, -0.05) is 21.3 Å². The zero-order valence-corrected chi connectivity index (χ0v) is 10.6. The van der Waals surface area contributed by atoms with Gasteiger partial charge in [0, 0.05) is 25.9 Å². The molecule has 2 N–H and O–H groups in total. The van der Waals surface area contributed by atoms with E-state index in [0.717, 1.165) is 25.9 Å². The van der Waals surface area contributed by atoms with Gasteiger partial charge < -0.3 is 5.32 Å². The Morgan fingerprint density at radius 3 is 1.62 bits per heavy atom. The van der Waals surface area contributed by atoms with E-state index in [9.17, 15) is 4.79 Å². The molecule has 0 bridgehead atoms. The Balaban J connectivity index is -0.000000175. The number of hydrogen-bond donors (Lipinski definition) is 2. The van der Waals surface area contributed by atoms with E-state index in [4.69, 9.17) is 5.26 Å². The lowest BCUT2D eigenvalue weighted by atomic mass is 10.1. The number of hydrogen-bond acceptors (Lipinski definition) is 4. The van der Waals surface area contributed by atoms with Crippen molar-refractivity contribution in [3.05, 3.63) is 0 Å². The average Bonchev–Trinajstić information content (AvgIpc) is 2.22. The summed E-state index contributed by atoms with van der Waals surface area (Å²) in [4.78, 5) is 14.4. The predicted molar refractivity (Wildman–Crippen MR) is 68.7 cm³/mol. The summed E-state index contributed by atoms with van der Waals surface area (Å²) in [7, 11) is 0. The van der Waals surface area contributed by atoms with Crippen LogP contribution >= 0.6 is 0 Å². The summed E-state index contributed by atoms with van der Waals surface area (Å²) in [6.07, 6.45) is 1.47. The maximum Gasteiger partial charge on any atom is 0.135 e. The summed E-state index contributed by atoms with van der Waals surface area (Å²) < 4.78 is 0. The number of nitrogens with one attached hydrogen (secondary N) is 1. The fraction of sp³-hybridized carbons (Fsp3) is 0.917. The van der Waals surface area contributed by atoms with Gasteiger partial charge in [0.1, 0.15) is 5.78 Å². The molecule has 0 radical (unpaired) electrons. The molecule has 100 valence electrons. The van der Waals surface area contributed by atoms with Crippen LogP contribution in [0, 0.1) is 0 Å². The van der Waals surface area contributed by atoms with Crippen LogP contribution in [-0.4, -0.2) is 29.7 Å². The highest BCUT2D eigenvalue weighted by molar-refractivity contribution is 5.79. The molecule has 1 aliphatic rings. The summed E-state index contributed by atoms with van der Waals surface area (Å²) in [6.45, 7) is 11.1. The number of piperidine rings is 1. The molecule has 1 rings (SSSR count). The van der Waals surface area contributed by atoms with Crippen LogP contribution in [0.2, 0.25) is 0 Å². The molecule has 1 heterocycles. The van der Waals surface area contributed by atoms with Gasteiger partial charge >= 0.3 is 0 Å². The van der Waals surface area contributed by atoms with Crippen LogP contribution in [0.15, 0.2) is 0 Å². The molecule has 1 fully saturated rings. The molecule has 0 unspecified atom stereocenters. The molecule has 0 aromatic rings. The highest BCUT2D eigenvalue weighted by Crippen LogP contribution is 2.01. The summed E-state index contributed by atoms with van der Waals surface area (Å²) in [5, 5.41) is 11.0. The molecular formula is C12H29NO3. The molecule has 1 saturated heterocycles. The lowest BCUT2D eigenvalue weighted by Gasteiger charge is -2.10. The molecular weight excluding hydrogens is 206 g/mol. The Morgan fingerprint density at radius 2 is 1.50 bits per heavy atom. The van der Waals surface area contributed by atoms with E-state index in [2.05, 4.69) is 10.2 Å². The minimum absolute atomic E-state index is 0. The van der Waals surface area contributed by atoms with Crippen LogP contribution in [0.4, 0.5) is 0 Å². The number of rotatable bonds is 0. The maximum atomic E-state index is 10.4. The first-order valence-corrected chi connectivity index (χ1v) is 5.51. The van der Waals surface area contributed by atoms with Gasteiger partial charge in [0.25, 0.3) is 0 Å². The van der Waals surface area contributed by atoms with Crippen molar-refractivity contribution in [2.24, 2.45) is 0 Å². The van der Waals surface area contributed by atoms with E-state index in [0.29, 0.717) is 5.78 Å². The van der Waals surface area contributed by atoms with Gasteiger partial charge in [-0.05, 0) is 20.8 Å². The molecule has 4 nitrogen and oxygen atoms in total. The van der Waals surface area contributed by atoms with Crippen LogP contribution in [-0.2, 0) is 9.68 Å². The highest BCUT2D eigenvalue weighted by atomic mass is 17.1. The minimum atomic E-state index is -0.403. The van der Waals surface area contributed by atoms with Crippen molar-refractivity contribution in [1.82, 2.24) is 5.32 Å². The van der Waals surface area contributed by atoms with E-state index in [1.165, 1.54) is 0 Å². The molecule has 0 aromatic heterocycles. The molecule has 16 heavy (non-hydrogen) atoms. The van der Waals surface area contributed by atoms with Crippen molar-refractivity contribution in [2.45, 2.75) is 60.5 Å². The molecule has 0 spiro atoms. The highest BCUT2D eigenvalue weighted by Gasteiger charge is 2.07. The lowest BCUT2D eigenvalue weighted by Crippen LogP contribution is -2.27. The van der Waals surface area contributed by atoms with Crippen molar-refractivity contribution >= 4 is 5.78 Å². The smallest absolute Gasteiger partial charge is 0.135 e. The Bertz CT molecular complexity index is 145. The van der Waals surface area contributed by atoms with Gasteiger partial charge in [-0.15, -0.1) is 0 Å². The second-order valence-electron chi connectivity index (χ2n) is 3.99. The minimum Gasteiger partial charge on any atom is -0.316 e. The van der Waals surface area contributed by atoms with Crippen LogP contribution in [0.3, 0.4) is 0 Å². The van der Waals surface area contributed by atoms with Crippen molar-refractivity contribution in [2.75, 3.05) is 13.1 Å². The Morgan fingerprint density at radius 1 is 1.19 bits per heavy atom. The number of ketones is 1. The van der Waals surface area contributed by atoms with Gasteiger partial charge in [-0.2, -0.15) is 0 Å². The van der Waals surface area contributed by atoms with E-state index >= 15 is 0 Å². The first kappa shape index (κ1) is 20.9. The summed E-state index contributed by atoms with van der Waals surface area (Å²) in [5.41, 5.74) is -0.403. The van der Waals surface area contributed by atoms with Crippen LogP contribution in [0.25, 0.3) is 0 Å². The van der Waals surface area contributed by atoms with Crippen molar-refractivity contribution in [3.8, 4) is 0 Å². The molecule has 0 aromatic carbocycles. The Hall–Kier alpha value is -0.450. The predicted octanol–water partition coefficient (Wildman–Crippen LogP) is 2.88. The molecule has 4 heteroatoms. The normalized spacial score (nSPS) is 14.8. The number of carbonyl (C=O) groups is 1. The second-order valence-corrected chi connectivity index (χ2v) is 3.99. The van der Waals surface area contributed by atoms with E-state index in [1.54, 1.807) is 20.8 Å². The molecule has 0 amide bonds. The fourth-order valence-corrected chi connectivity index (χ4v) is 0.706. The van der Waals surface area contributed by atoms with Crippen LogP contribution in [0.1, 0.15) is 54.9 Å². The average molecular weight is 235 g/mol. The molecule has 0 aliphatic carbocycles. The van der Waals surface area contributed by atoms with Gasteiger partial charge in [0.15, 0.2) is 0 Å². The zero-order valence-electron chi connectivity index (χ0n) is 10.6. The Kier molecular flexibility index (Phi) is 16.5. The third-order valence-electron chi connectivity index (χ3n) is 1.44. The molecule has 1 aliphatic heterocycles. The zero-order chi connectivity index (χ0) is 12.3. The van der Waals surface area contributed by atoms with Gasteiger partial charge in [0.05, 0.1) is 5.60 Å². The topological polar surface area (TPSA) is 58.6 Å². The lowest BCUT2D eigenvalue weighted by molar-refractivity contribution is -0.306. The molecule has 0 saturated carbocycles. The van der Waals surface area contributed by atoms with E-state index in [1.807, 2.05) is 13.8 Å². The summed E-state index contributed by atoms with van der Waals surface area (Å²) in [5.74, 6) is 0.402. The van der Waals surface area contributed by atoms with E-state index < -0.39 is 5.60 Å². The number of Topliss-reactive ketones (excluding diaryl/α,β-unsaturated/α-hetero) is 1. The maximum absolute atomic E-state index is 10.4. The SMILES string of the molecule is C.CC.CC(C)(C)OO.O=C1CCNCC1. The van der Waals surface area contributed by atoms with Gasteiger partial charge in [0.2, 0.25) is 0 Å². The fourth-order valence-electron chi connectivity index (χ4n) is 0.706. The third kappa shape index (κ3) is 19.2. The Labute approximate surface area is 100 Å².